The van der Waals surface area contributed by atoms with Gasteiger partial charge in [0.2, 0.25) is 5.91 Å². The SMILES string of the molecule is CCN(CC)C(=O)CCNC(=O)N(CC(=O)O)CC(=O)O. The summed E-state index contributed by atoms with van der Waals surface area (Å²) in [5.74, 6) is -2.76. The number of carboxylic acids is 2. The Morgan fingerprint density at radius 2 is 1.38 bits per heavy atom. The van der Waals surface area contributed by atoms with Crippen LogP contribution in [0.15, 0.2) is 0 Å². The average molecular weight is 303 g/mol. The third-order valence-corrected chi connectivity index (χ3v) is 2.67. The first-order valence-corrected chi connectivity index (χ1v) is 6.55. The van der Waals surface area contributed by atoms with Crippen molar-refractivity contribution in [3.8, 4) is 0 Å². The number of carboxylic acid groups (broad SMARTS) is 2. The molecular weight excluding hydrogens is 282 g/mol. The van der Waals surface area contributed by atoms with Crippen LogP contribution in [0.4, 0.5) is 4.79 Å². The molecule has 0 atom stereocenters. The number of hydrogen-bond donors (Lipinski definition) is 3. The number of urea groups is 1. The number of carbonyl (C=O) groups is 4. The topological polar surface area (TPSA) is 127 Å². The van der Waals surface area contributed by atoms with Crippen LogP contribution in [0, 0.1) is 0 Å². The number of rotatable bonds is 9. The summed E-state index contributed by atoms with van der Waals surface area (Å²) >= 11 is 0. The molecule has 0 rings (SSSR count). The molecule has 120 valence electrons. The zero-order valence-electron chi connectivity index (χ0n) is 12.2. The Bertz CT molecular complexity index is 378. The number of nitrogens with zero attached hydrogens (tertiary/aromatic N) is 2. The monoisotopic (exact) mass is 303 g/mol. The minimum atomic E-state index is -1.31. The number of aliphatic carboxylic acids is 2. The molecule has 0 spiro atoms. The molecule has 0 aliphatic carbocycles. The molecule has 0 unspecified atom stereocenters. The van der Waals surface area contributed by atoms with Gasteiger partial charge in [0.15, 0.2) is 0 Å². The Morgan fingerprint density at radius 1 is 0.905 bits per heavy atom. The molecule has 0 aliphatic heterocycles. The highest BCUT2D eigenvalue weighted by Crippen LogP contribution is 1.94. The maximum Gasteiger partial charge on any atom is 0.323 e. The normalized spacial score (nSPS) is 9.81. The Morgan fingerprint density at radius 3 is 1.76 bits per heavy atom. The lowest BCUT2D eigenvalue weighted by atomic mass is 10.3. The molecule has 3 N–H and O–H groups in total. The lowest BCUT2D eigenvalue weighted by molar-refractivity contribution is -0.140. The van der Waals surface area contributed by atoms with Gasteiger partial charge in [0.05, 0.1) is 0 Å². The van der Waals surface area contributed by atoms with Crippen molar-refractivity contribution < 1.29 is 29.4 Å². The van der Waals surface area contributed by atoms with Crippen molar-refractivity contribution >= 4 is 23.9 Å². The van der Waals surface area contributed by atoms with Crippen molar-refractivity contribution in [1.82, 2.24) is 15.1 Å². The van der Waals surface area contributed by atoms with Gasteiger partial charge in [-0.05, 0) is 13.8 Å². The van der Waals surface area contributed by atoms with Gasteiger partial charge in [-0.1, -0.05) is 0 Å². The van der Waals surface area contributed by atoms with Crippen molar-refractivity contribution in [2.75, 3.05) is 32.7 Å². The van der Waals surface area contributed by atoms with E-state index in [0.29, 0.717) is 18.0 Å². The van der Waals surface area contributed by atoms with Crippen LogP contribution in [-0.4, -0.2) is 76.6 Å². The fraction of sp³-hybridized carbons (Fsp3) is 0.667. The van der Waals surface area contributed by atoms with Crippen LogP contribution >= 0.6 is 0 Å². The van der Waals surface area contributed by atoms with Crippen LogP contribution in [0.25, 0.3) is 0 Å². The van der Waals surface area contributed by atoms with Crippen molar-refractivity contribution in [2.24, 2.45) is 0 Å². The standard InChI is InChI=1S/C12H21N3O6/c1-3-14(4-2)9(16)5-6-13-12(21)15(7-10(17)18)8-11(19)20/h3-8H2,1-2H3,(H,13,21)(H,17,18)(H,19,20). The van der Waals surface area contributed by atoms with Crippen molar-refractivity contribution in [1.29, 1.82) is 0 Å². The summed E-state index contributed by atoms with van der Waals surface area (Å²) in [7, 11) is 0. The summed E-state index contributed by atoms with van der Waals surface area (Å²) in [4.78, 5) is 46.7. The molecule has 0 aliphatic rings. The molecule has 0 aromatic rings. The van der Waals surface area contributed by atoms with Gasteiger partial charge in [0.25, 0.3) is 0 Å². The van der Waals surface area contributed by atoms with E-state index in [1.165, 1.54) is 0 Å². The zero-order valence-corrected chi connectivity index (χ0v) is 12.2. The Hall–Kier alpha value is -2.32. The fourth-order valence-corrected chi connectivity index (χ4v) is 1.65. The summed E-state index contributed by atoms with van der Waals surface area (Å²) in [6.45, 7) is 3.37. The van der Waals surface area contributed by atoms with Gasteiger partial charge in [-0.3, -0.25) is 14.4 Å². The third-order valence-electron chi connectivity index (χ3n) is 2.67. The molecule has 0 bridgehead atoms. The predicted molar refractivity (Wildman–Crippen MR) is 72.8 cm³/mol. The minimum Gasteiger partial charge on any atom is -0.480 e. The molecule has 0 saturated carbocycles. The summed E-state index contributed by atoms with van der Waals surface area (Å²) in [6, 6.07) is -0.827. The molecule has 0 heterocycles. The molecule has 0 fully saturated rings. The maximum absolute atomic E-state index is 11.7. The smallest absolute Gasteiger partial charge is 0.323 e. The summed E-state index contributed by atoms with van der Waals surface area (Å²) in [5.41, 5.74) is 0. The van der Waals surface area contributed by atoms with Crippen LogP contribution in [-0.2, 0) is 14.4 Å². The Balaban J connectivity index is 4.33. The molecule has 3 amide bonds. The van der Waals surface area contributed by atoms with Crippen molar-refractivity contribution in [3.05, 3.63) is 0 Å². The summed E-state index contributed by atoms with van der Waals surface area (Å²) in [6.07, 6.45) is 0.0708. The predicted octanol–water partition coefficient (Wildman–Crippen LogP) is -0.574. The average Bonchev–Trinajstić information content (AvgIpc) is 2.38. The second kappa shape index (κ2) is 9.56. The van der Waals surface area contributed by atoms with Gasteiger partial charge in [-0.2, -0.15) is 0 Å². The molecule has 0 saturated heterocycles. The van der Waals surface area contributed by atoms with Crippen molar-refractivity contribution in [2.45, 2.75) is 20.3 Å². The lowest BCUT2D eigenvalue weighted by Crippen LogP contribution is -2.46. The first kappa shape index (κ1) is 18.7. The fourth-order valence-electron chi connectivity index (χ4n) is 1.65. The number of amides is 3. The lowest BCUT2D eigenvalue weighted by Gasteiger charge is -2.21. The first-order chi connectivity index (χ1) is 9.81. The molecule has 0 aromatic heterocycles. The number of carbonyl (C=O) groups excluding carboxylic acids is 2. The highest BCUT2D eigenvalue weighted by Gasteiger charge is 2.19. The van der Waals surface area contributed by atoms with Crippen LogP contribution < -0.4 is 5.32 Å². The summed E-state index contributed by atoms with van der Waals surface area (Å²) in [5, 5.41) is 19.6. The van der Waals surface area contributed by atoms with Crippen molar-refractivity contribution in [3.63, 3.8) is 0 Å². The second-order valence-corrected chi connectivity index (χ2v) is 4.19. The van der Waals surface area contributed by atoms with Crippen LogP contribution in [0.3, 0.4) is 0 Å². The van der Waals surface area contributed by atoms with Gasteiger partial charge in [-0.15, -0.1) is 0 Å². The largest absolute Gasteiger partial charge is 0.480 e. The van der Waals surface area contributed by atoms with Gasteiger partial charge in [0.1, 0.15) is 13.1 Å². The number of nitrogens with one attached hydrogen (secondary N) is 1. The van der Waals surface area contributed by atoms with Gasteiger partial charge < -0.3 is 25.3 Å². The van der Waals surface area contributed by atoms with Gasteiger partial charge in [-0.25, -0.2) is 4.79 Å². The first-order valence-electron chi connectivity index (χ1n) is 6.55. The zero-order chi connectivity index (χ0) is 16.4. The molecule has 9 heteroatoms. The quantitative estimate of drug-likeness (QED) is 0.523. The third kappa shape index (κ3) is 7.75. The highest BCUT2D eigenvalue weighted by molar-refractivity contribution is 5.84. The molecule has 9 nitrogen and oxygen atoms in total. The van der Waals surface area contributed by atoms with Crippen LogP contribution in [0.2, 0.25) is 0 Å². The second-order valence-electron chi connectivity index (χ2n) is 4.19. The van der Waals surface area contributed by atoms with E-state index in [2.05, 4.69) is 5.32 Å². The van der Waals surface area contributed by atoms with E-state index in [1.54, 1.807) is 4.90 Å². The van der Waals surface area contributed by atoms with E-state index < -0.39 is 31.1 Å². The molecule has 0 aromatic carbocycles. The Kier molecular flexibility index (Phi) is 8.51. The van der Waals surface area contributed by atoms with Gasteiger partial charge in [0, 0.05) is 26.1 Å². The molecule has 21 heavy (non-hydrogen) atoms. The van der Waals surface area contributed by atoms with E-state index >= 15 is 0 Å². The summed E-state index contributed by atoms with van der Waals surface area (Å²) < 4.78 is 0. The van der Waals surface area contributed by atoms with Crippen LogP contribution in [0.5, 0.6) is 0 Å². The highest BCUT2D eigenvalue weighted by atomic mass is 16.4. The Labute approximate surface area is 122 Å². The van der Waals surface area contributed by atoms with Gasteiger partial charge >= 0.3 is 18.0 Å². The van der Waals surface area contributed by atoms with E-state index in [9.17, 15) is 19.2 Å². The molecule has 0 radical (unpaired) electrons. The number of hydrogen-bond acceptors (Lipinski definition) is 4. The van der Waals surface area contributed by atoms with E-state index in [-0.39, 0.29) is 18.9 Å². The van der Waals surface area contributed by atoms with E-state index in [1.807, 2.05) is 13.8 Å². The maximum atomic E-state index is 11.7. The molecular formula is C12H21N3O6. The minimum absolute atomic E-state index is 0.0178. The van der Waals surface area contributed by atoms with E-state index in [4.69, 9.17) is 10.2 Å². The van der Waals surface area contributed by atoms with E-state index in [0.717, 1.165) is 0 Å². The van der Waals surface area contributed by atoms with Crippen LogP contribution in [0.1, 0.15) is 20.3 Å².